The first-order valence-electron chi connectivity index (χ1n) is 4.61. The van der Waals surface area contributed by atoms with E-state index in [1.807, 2.05) is 0 Å². The lowest BCUT2D eigenvalue weighted by molar-refractivity contribution is -0.116. The molecule has 1 rings (SSSR count). The molecule has 78 valence electrons. The lowest BCUT2D eigenvalue weighted by Crippen LogP contribution is -2.19. The zero-order valence-corrected chi connectivity index (χ0v) is 10.6. The van der Waals surface area contributed by atoms with Crippen LogP contribution in [0.15, 0.2) is 15.9 Å². The van der Waals surface area contributed by atoms with Crippen molar-refractivity contribution in [3.8, 4) is 0 Å². The van der Waals surface area contributed by atoms with Crippen molar-refractivity contribution in [2.45, 2.75) is 19.8 Å². The molecule has 0 saturated heterocycles. The summed E-state index contributed by atoms with van der Waals surface area (Å²) >= 11 is 5.18. The van der Waals surface area contributed by atoms with Gasteiger partial charge in [-0.2, -0.15) is 0 Å². The summed E-state index contributed by atoms with van der Waals surface area (Å²) in [5.74, 6) is 0.247. The summed E-state index contributed by atoms with van der Waals surface area (Å²) in [6, 6.07) is 2.14. The van der Waals surface area contributed by atoms with Crippen molar-refractivity contribution in [2.24, 2.45) is 0 Å². The Labute approximate surface area is 96.8 Å². The number of carbonyl (C=O) groups is 1. The summed E-state index contributed by atoms with van der Waals surface area (Å²) < 4.78 is 1.15. The second kappa shape index (κ2) is 6.32. The third kappa shape index (κ3) is 4.88. The Hall–Kier alpha value is -0.190. The highest BCUT2D eigenvalue weighted by Gasteiger charge is 1.97. The fraction of sp³-hybridized carbons (Fsp3) is 0.500. The maximum absolute atomic E-state index is 10.6. The van der Waals surface area contributed by atoms with Gasteiger partial charge >= 0.3 is 0 Å². The Balaban J connectivity index is 2.07. The van der Waals surface area contributed by atoms with Gasteiger partial charge in [-0.25, -0.2) is 0 Å². The van der Waals surface area contributed by atoms with Crippen LogP contribution in [0.4, 0.5) is 0 Å². The topological polar surface area (TPSA) is 29.1 Å². The highest BCUT2D eigenvalue weighted by molar-refractivity contribution is 9.10. The minimum absolute atomic E-state index is 0.247. The Morgan fingerprint density at radius 3 is 2.93 bits per heavy atom. The highest BCUT2D eigenvalue weighted by Crippen LogP contribution is 2.19. The Kier molecular flexibility index (Phi) is 5.37. The zero-order valence-electron chi connectivity index (χ0n) is 8.18. The van der Waals surface area contributed by atoms with Crippen LogP contribution in [0, 0.1) is 0 Å². The lowest BCUT2D eigenvalue weighted by Gasteiger charge is -2.00. The fourth-order valence-corrected chi connectivity index (χ4v) is 2.54. The molecule has 2 nitrogen and oxygen atoms in total. The van der Waals surface area contributed by atoms with Gasteiger partial charge < -0.3 is 5.32 Å². The van der Waals surface area contributed by atoms with Crippen molar-refractivity contribution in [3.63, 3.8) is 0 Å². The van der Waals surface area contributed by atoms with Crippen LogP contribution in [0.5, 0.6) is 0 Å². The molecule has 0 fully saturated rings. The van der Waals surface area contributed by atoms with Crippen molar-refractivity contribution < 1.29 is 4.79 Å². The molecule has 14 heavy (non-hydrogen) atoms. The van der Waals surface area contributed by atoms with Gasteiger partial charge in [0, 0.05) is 27.7 Å². The number of rotatable bonds is 6. The molecular formula is C10H14BrNOS. The number of thiophene rings is 1. The third-order valence-corrected chi connectivity index (χ3v) is 3.58. The molecule has 4 heteroatoms. The summed E-state index contributed by atoms with van der Waals surface area (Å²) in [5, 5.41) is 5.33. The summed E-state index contributed by atoms with van der Waals surface area (Å²) in [7, 11) is 0. The molecule has 1 N–H and O–H groups in total. The minimum Gasteiger partial charge on any atom is -0.316 e. The van der Waals surface area contributed by atoms with E-state index in [0.717, 1.165) is 24.0 Å². The number of nitrogens with one attached hydrogen (secondary N) is 1. The third-order valence-electron chi connectivity index (χ3n) is 1.82. The van der Waals surface area contributed by atoms with Crippen LogP contribution in [0.1, 0.15) is 18.2 Å². The molecule has 0 amide bonds. The predicted octanol–water partition coefficient (Wildman–Crippen LogP) is 2.62. The van der Waals surface area contributed by atoms with Gasteiger partial charge in [0.15, 0.2) is 0 Å². The summed E-state index contributed by atoms with van der Waals surface area (Å²) in [4.78, 5) is 12.0. The van der Waals surface area contributed by atoms with Crippen molar-refractivity contribution in [3.05, 3.63) is 20.8 Å². The minimum atomic E-state index is 0.247. The van der Waals surface area contributed by atoms with Crippen molar-refractivity contribution in [1.29, 1.82) is 0 Å². The van der Waals surface area contributed by atoms with E-state index in [-0.39, 0.29) is 5.78 Å². The van der Waals surface area contributed by atoms with Crippen LogP contribution in [0.25, 0.3) is 0 Å². The van der Waals surface area contributed by atoms with Gasteiger partial charge in [0.2, 0.25) is 0 Å². The molecule has 0 aliphatic heterocycles. The van der Waals surface area contributed by atoms with Gasteiger partial charge in [-0.15, -0.1) is 11.3 Å². The molecule has 1 heterocycles. The Bertz CT molecular complexity index is 298. The van der Waals surface area contributed by atoms with Crippen LogP contribution >= 0.6 is 27.3 Å². The molecule has 0 spiro atoms. The summed E-state index contributed by atoms with van der Waals surface area (Å²) in [5.41, 5.74) is 0. The Morgan fingerprint density at radius 2 is 2.36 bits per heavy atom. The fourth-order valence-electron chi connectivity index (χ4n) is 1.09. The Morgan fingerprint density at radius 1 is 1.57 bits per heavy atom. The normalized spacial score (nSPS) is 10.4. The number of halogens is 1. The first-order chi connectivity index (χ1) is 6.68. The zero-order chi connectivity index (χ0) is 10.4. The standard InChI is InChI=1S/C10H14BrNOS/c1-8(13)2-4-12-5-3-10-6-9(11)7-14-10/h6-7,12H,2-5H2,1H3. The van der Waals surface area contributed by atoms with E-state index in [4.69, 9.17) is 0 Å². The van der Waals surface area contributed by atoms with Gasteiger partial charge in [-0.1, -0.05) is 0 Å². The van der Waals surface area contributed by atoms with Gasteiger partial charge in [0.05, 0.1) is 0 Å². The van der Waals surface area contributed by atoms with Crippen molar-refractivity contribution >= 4 is 33.0 Å². The first-order valence-corrected chi connectivity index (χ1v) is 6.29. The smallest absolute Gasteiger partial charge is 0.131 e. The van der Waals surface area contributed by atoms with Crippen LogP contribution in [0.2, 0.25) is 0 Å². The molecule has 0 aliphatic rings. The number of carbonyl (C=O) groups excluding carboxylic acids is 1. The van der Waals surface area contributed by atoms with Crippen LogP contribution < -0.4 is 5.32 Å². The number of hydrogen-bond acceptors (Lipinski definition) is 3. The predicted molar refractivity (Wildman–Crippen MR) is 63.9 cm³/mol. The van der Waals surface area contributed by atoms with E-state index in [2.05, 4.69) is 32.7 Å². The van der Waals surface area contributed by atoms with E-state index >= 15 is 0 Å². The maximum Gasteiger partial charge on any atom is 0.131 e. The second-order valence-electron chi connectivity index (χ2n) is 3.18. The lowest BCUT2D eigenvalue weighted by atomic mass is 10.3. The number of Topliss-reactive ketones (excluding diaryl/α,β-unsaturated/α-hetero) is 1. The summed E-state index contributed by atoms with van der Waals surface area (Å²) in [6.45, 7) is 3.36. The molecule has 1 aromatic rings. The van der Waals surface area contributed by atoms with Crippen molar-refractivity contribution in [1.82, 2.24) is 5.32 Å². The molecule has 0 aromatic carbocycles. The van der Waals surface area contributed by atoms with Crippen molar-refractivity contribution in [2.75, 3.05) is 13.1 Å². The van der Waals surface area contributed by atoms with Crippen LogP contribution in [0.3, 0.4) is 0 Å². The molecule has 0 bridgehead atoms. The largest absolute Gasteiger partial charge is 0.316 e. The summed E-state index contributed by atoms with van der Waals surface area (Å²) in [6.07, 6.45) is 1.67. The SMILES string of the molecule is CC(=O)CCNCCc1cc(Br)cs1. The molecule has 0 aliphatic carbocycles. The van der Waals surface area contributed by atoms with E-state index in [9.17, 15) is 4.79 Å². The number of ketones is 1. The van der Waals surface area contributed by atoms with E-state index < -0.39 is 0 Å². The van der Waals surface area contributed by atoms with Gasteiger partial charge in [-0.05, 0) is 41.9 Å². The quantitative estimate of drug-likeness (QED) is 0.809. The first kappa shape index (κ1) is 11.9. The monoisotopic (exact) mass is 275 g/mol. The average molecular weight is 276 g/mol. The van der Waals surface area contributed by atoms with E-state index in [1.165, 1.54) is 4.88 Å². The molecule has 0 atom stereocenters. The molecule has 0 saturated carbocycles. The van der Waals surface area contributed by atoms with Crippen LogP contribution in [-0.4, -0.2) is 18.9 Å². The molecule has 1 aromatic heterocycles. The van der Waals surface area contributed by atoms with E-state index in [0.29, 0.717) is 6.42 Å². The highest BCUT2D eigenvalue weighted by atomic mass is 79.9. The number of hydrogen-bond donors (Lipinski definition) is 1. The second-order valence-corrected chi connectivity index (χ2v) is 5.09. The van der Waals surface area contributed by atoms with Crippen LogP contribution in [-0.2, 0) is 11.2 Å². The molecule has 0 unspecified atom stereocenters. The average Bonchev–Trinajstić information content (AvgIpc) is 2.50. The molecular weight excluding hydrogens is 262 g/mol. The maximum atomic E-state index is 10.6. The van der Waals surface area contributed by atoms with E-state index in [1.54, 1.807) is 18.3 Å². The van der Waals surface area contributed by atoms with Gasteiger partial charge in [0.25, 0.3) is 0 Å². The molecule has 0 radical (unpaired) electrons. The van der Waals surface area contributed by atoms with Gasteiger partial charge in [0.1, 0.15) is 5.78 Å². The van der Waals surface area contributed by atoms with Gasteiger partial charge in [-0.3, -0.25) is 4.79 Å².